The molecule has 6 heteroatoms. The molecule has 0 saturated carbocycles. The lowest BCUT2D eigenvalue weighted by atomic mass is 10.1. The van der Waals surface area contributed by atoms with Gasteiger partial charge in [0.15, 0.2) is 12.4 Å². The van der Waals surface area contributed by atoms with Crippen molar-refractivity contribution >= 4 is 23.3 Å². The molecule has 0 atom stereocenters. The topological polar surface area (TPSA) is 56.2 Å². The van der Waals surface area contributed by atoms with Crippen molar-refractivity contribution in [1.82, 2.24) is 9.78 Å². The molecule has 1 amide bonds. The highest BCUT2D eigenvalue weighted by Gasteiger charge is 2.09. The molecule has 0 saturated heterocycles. The van der Waals surface area contributed by atoms with Crippen LogP contribution in [0.25, 0.3) is 0 Å². The molecule has 1 N–H and O–H groups in total. The first-order valence-electron chi connectivity index (χ1n) is 8.70. The van der Waals surface area contributed by atoms with Crippen molar-refractivity contribution in [3.8, 4) is 5.75 Å². The molecule has 0 aliphatic carbocycles. The van der Waals surface area contributed by atoms with Crippen molar-refractivity contribution in [3.05, 3.63) is 75.9 Å². The van der Waals surface area contributed by atoms with E-state index < -0.39 is 0 Å². The van der Waals surface area contributed by atoms with Crippen LogP contribution in [0.3, 0.4) is 0 Å². The van der Waals surface area contributed by atoms with Gasteiger partial charge in [0.1, 0.15) is 5.75 Å². The maximum Gasteiger partial charge on any atom is 0.263 e. The number of anilines is 1. The first-order valence-corrected chi connectivity index (χ1v) is 9.07. The molecule has 1 aromatic heterocycles. The minimum absolute atomic E-state index is 0.0921. The van der Waals surface area contributed by atoms with Gasteiger partial charge in [0.25, 0.3) is 5.91 Å². The third-order valence-corrected chi connectivity index (χ3v) is 4.88. The second kappa shape index (κ2) is 8.27. The molecule has 0 radical (unpaired) electrons. The summed E-state index contributed by atoms with van der Waals surface area (Å²) in [7, 11) is 0. The Balaban J connectivity index is 1.56. The molecule has 3 aromatic rings. The van der Waals surface area contributed by atoms with Gasteiger partial charge in [0, 0.05) is 17.3 Å². The minimum Gasteiger partial charge on any atom is -0.484 e. The zero-order valence-corrected chi connectivity index (χ0v) is 16.4. The molecule has 1 heterocycles. The Bertz CT molecular complexity index is 943. The summed E-state index contributed by atoms with van der Waals surface area (Å²) in [6.45, 7) is 6.44. The van der Waals surface area contributed by atoms with E-state index in [0.717, 1.165) is 11.1 Å². The predicted molar refractivity (Wildman–Crippen MR) is 108 cm³/mol. The predicted octanol–water partition coefficient (Wildman–Crippen LogP) is 4.53. The Labute approximate surface area is 163 Å². The molecule has 0 aliphatic rings. The van der Waals surface area contributed by atoms with E-state index in [9.17, 15) is 4.79 Å². The number of nitrogens with zero attached hydrogens (tertiary/aromatic N) is 2. The van der Waals surface area contributed by atoms with Crippen LogP contribution in [0.4, 0.5) is 5.82 Å². The highest BCUT2D eigenvalue weighted by Crippen LogP contribution is 2.25. The number of amides is 1. The number of hydrogen-bond donors (Lipinski definition) is 1. The van der Waals surface area contributed by atoms with Crippen LogP contribution in [-0.2, 0) is 11.3 Å². The van der Waals surface area contributed by atoms with E-state index in [0.29, 0.717) is 23.1 Å². The summed E-state index contributed by atoms with van der Waals surface area (Å²) in [6, 6.07) is 13.6. The average Bonchev–Trinajstić information content (AvgIpc) is 3.06. The maximum atomic E-state index is 12.1. The number of rotatable bonds is 6. The Morgan fingerprint density at radius 1 is 1.11 bits per heavy atom. The summed E-state index contributed by atoms with van der Waals surface area (Å²) in [6.07, 6.45) is 1.84. The normalized spacial score (nSPS) is 10.7. The highest BCUT2D eigenvalue weighted by molar-refractivity contribution is 6.32. The second-order valence-electron chi connectivity index (χ2n) is 6.53. The fourth-order valence-electron chi connectivity index (χ4n) is 2.80. The number of carbonyl (C=O) groups is 1. The number of benzene rings is 2. The van der Waals surface area contributed by atoms with Gasteiger partial charge in [-0.2, -0.15) is 5.10 Å². The second-order valence-corrected chi connectivity index (χ2v) is 6.91. The molecule has 0 fully saturated rings. The molecule has 3 rings (SSSR count). The number of halogens is 1. The number of hydrogen-bond acceptors (Lipinski definition) is 3. The molecule has 5 nitrogen and oxygen atoms in total. The number of aryl methyl sites for hydroxylation is 3. The van der Waals surface area contributed by atoms with Crippen LogP contribution >= 0.6 is 11.6 Å². The van der Waals surface area contributed by atoms with E-state index in [2.05, 4.69) is 29.5 Å². The number of ether oxygens (including phenoxy) is 1. The fraction of sp³-hybridized carbons (Fsp3) is 0.238. The van der Waals surface area contributed by atoms with Gasteiger partial charge in [0.2, 0.25) is 0 Å². The highest BCUT2D eigenvalue weighted by atomic mass is 35.5. The molecule has 2 aromatic carbocycles. The van der Waals surface area contributed by atoms with Crippen molar-refractivity contribution in [3.63, 3.8) is 0 Å². The standard InChI is InChI=1S/C21H22ClN3O2/c1-14-6-4-5-7-17(14)12-25-9-8-19(24-25)23-20(26)13-27-18-10-15(2)21(22)16(3)11-18/h4-11H,12-13H2,1-3H3,(H,23,24,26). The van der Waals surface area contributed by atoms with Crippen LogP contribution in [0.2, 0.25) is 5.02 Å². The lowest BCUT2D eigenvalue weighted by Gasteiger charge is -2.09. The molecule has 0 spiro atoms. The summed E-state index contributed by atoms with van der Waals surface area (Å²) >= 11 is 6.14. The molecular weight excluding hydrogens is 362 g/mol. The van der Waals surface area contributed by atoms with Crippen LogP contribution in [0.15, 0.2) is 48.7 Å². The Kier molecular flexibility index (Phi) is 5.81. The number of nitrogens with one attached hydrogen (secondary N) is 1. The Morgan fingerprint density at radius 3 is 2.52 bits per heavy atom. The van der Waals surface area contributed by atoms with E-state index in [1.165, 1.54) is 11.1 Å². The summed E-state index contributed by atoms with van der Waals surface area (Å²) in [5.74, 6) is 0.858. The smallest absolute Gasteiger partial charge is 0.263 e. The number of aromatic nitrogens is 2. The minimum atomic E-state index is -0.263. The van der Waals surface area contributed by atoms with Gasteiger partial charge in [-0.05, 0) is 55.2 Å². The maximum absolute atomic E-state index is 12.1. The van der Waals surface area contributed by atoms with E-state index in [4.69, 9.17) is 16.3 Å². The summed E-state index contributed by atoms with van der Waals surface area (Å²) in [5.41, 5.74) is 4.24. The zero-order valence-electron chi connectivity index (χ0n) is 15.6. The van der Waals surface area contributed by atoms with Gasteiger partial charge >= 0.3 is 0 Å². The van der Waals surface area contributed by atoms with Crippen molar-refractivity contribution in [2.45, 2.75) is 27.3 Å². The quantitative estimate of drug-likeness (QED) is 0.680. The van der Waals surface area contributed by atoms with Crippen LogP contribution in [-0.4, -0.2) is 22.3 Å². The zero-order chi connectivity index (χ0) is 19.4. The lowest BCUT2D eigenvalue weighted by molar-refractivity contribution is -0.118. The van der Waals surface area contributed by atoms with E-state index >= 15 is 0 Å². The third kappa shape index (κ3) is 4.89. The molecular formula is C21H22ClN3O2. The van der Waals surface area contributed by atoms with Gasteiger partial charge in [-0.25, -0.2) is 0 Å². The Morgan fingerprint density at radius 2 is 1.81 bits per heavy atom. The summed E-state index contributed by atoms with van der Waals surface area (Å²) in [5, 5.41) is 7.86. The average molecular weight is 384 g/mol. The van der Waals surface area contributed by atoms with Gasteiger partial charge in [-0.3, -0.25) is 9.48 Å². The first-order chi connectivity index (χ1) is 12.9. The third-order valence-electron chi connectivity index (χ3n) is 4.28. The van der Waals surface area contributed by atoms with Crippen molar-refractivity contribution in [2.24, 2.45) is 0 Å². The molecule has 140 valence electrons. The summed E-state index contributed by atoms with van der Waals surface area (Å²) in [4.78, 5) is 12.1. The van der Waals surface area contributed by atoms with Gasteiger partial charge in [-0.1, -0.05) is 35.9 Å². The SMILES string of the molecule is Cc1ccccc1Cn1ccc(NC(=O)COc2cc(C)c(Cl)c(C)c2)n1. The summed E-state index contributed by atoms with van der Waals surface area (Å²) < 4.78 is 7.37. The monoisotopic (exact) mass is 383 g/mol. The van der Waals surface area contributed by atoms with Gasteiger partial charge < -0.3 is 10.1 Å². The molecule has 27 heavy (non-hydrogen) atoms. The molecule has 0 unspecified atom stereocenters. The van der Waals surface area contributed by atoms with Gasteiger partial charge in [-0.15, -0.1) is 0 Å². The Hall–Kier alpha value is -2.79. The lowest BCUT2D eigenvalue weighted by Crippen LogP contribution is -2.20. The van der Waals surface area contributed by atoms with Crippen LogP contribution in [0, 0.1) is 20.8 Å². The van der Waals surface area contributed by atoms with Crippen molar-refractivity contribution < 1.29 is 9.53 Å². The van der Waals surface area contributed by atoms with E-state index in [-0.39, 0.29) is 12.5 Å². The molecule has 0 bridgehead atoms. The molecule has 0 aliphatic heterocycles. The van der Waals surface area contributed by atoms with Crippen LogP contribution in [0.1, 0.15) is 22.3 Å². The van der Waals surface area contributed by atoms with Gasteiger partial charge in [0.05, 0.1) is 6.54 Å². The van der Waals surface area contributed by atoms with Crippen molar-refractivity contribution in [1.29, 1.82) is 0 Å². The van der Waals surface area contributed by atoms with Crippen LogP contribution in [0.5, 0.6) is 5.75 Å². The van der Waals surface area contributed by atoms with E-state index in [1.54, 1.807) is 10.7 Å². The number of carbonyl (C=O) groups excluding carboxylic acids is 1. The van der Waals surface area contributed by atoms with E-state index in [1.807, 2.05) is 44.3 Å². The fourth-order valence-corrected chi connectivity index (χ4v) is 2.90. The van der Waals surface area contributed by atoms with Crippen LogP contribution < -0.4 is 10.1 Å². The first kappa shape index (κ1) is 19.0. The van der Waals surface area contributed by atoms with Crippen molar-refractivity contribution in [2.75, 3.05) is 11.9 Å². The largest absolute Gasteiger partial charge is 0.484 e.